The summed E-state index contributed by atoms with van der Waals surface area (Å²) < 4.78 is 2.94. The molecule has 0 atom stereocenters. The topological polar surface area (TPSA) is 102 Å². The summed E-state index contributed by atoms with van der Waals surface area (Å²) >= 11 is 0. The van der Waals surface area contributed by atoms with Crippen molar-refractivity contribution in [3.8, 4) is 0 Å². The molecule has 2 heterocycles. The van der Waals surface area contributed by atoms with Gasteiger partial charge in [-0.05, 0) is 30.7 Å². The molecule has 8 heteroatoms. The van der Waals surface area contributed by atoms with E-state index in [1.54, 1.807) is 25.3 Å². The number of aromatic nitrogens is 4. The third-order valence-corrected chi connectivity index (χ3v) is 4.89. The molecule has 8 nitrogen and oxygen atoms in total. The average Bonchev–Trinajstić information content (AvgIpc) is 3.20. The third kappa shape index (κ3) is 3.93. The van der Waals surface area contributed by atoms with Gasteiger partial charge in [0.05, 0.1) is 23.6 Å². The number of carbonyl (C=O) groups excluding carboxylic acids is 1. The van der Waals surface area contributed by atoms with E-state index in [1.807, 2.05) is 41.2 Å². The zero-order chi connectivity index (χ0) is 21.1. The molecule has 30 heavy (non-hydrogen) atoms. The normalized spacial score (nSPS) is 11.0. The average molecular weight is 403 g/mol. The highest BCUT2D eigenvalue weighted by atomic mass is 16.2. The van der Waals surface area contributed by atoms with Crippen molar-refractivity contribution in [2.24, 2.45) is 0 Å². The van der Waals surface area contributed by atoms with Crippen LogP contribution in [0.15, 0.2) is 70.5 Å². The van der Waals surface area contributed by atoms with Crippen LogP contribution in [0.1, 0.15) is 28.4 Å². The number of carbonyl (C=O) groups is 1. The second kappa shape index (κ2) is 8.20. The Morgan fingerprint density at radius 2 is 1.90 bits per heavy atom. The number of nitrogens with zero attached hydrogens (tertiary/aromatic N) is 3. The maximum absolute atomic E-state index is 12.5. The maximum atomic E-state index is 12.5. The van der Waals surface area contributed by atoms with Gasteiger partial charge in [0, 0.05) is 30.4 Å². The molecule has 0 unspecified atom stereocenters. The minimum Gasteiger partial charge on any atom is -0.348 e. The summed E-state index contributed by atoms with van der Waals surface area (Å²) in [6.45, 7) is 2.98. The van der Waals surface area contributed by atoms with E-state index in [4.69, 9.17) is 0 Å². The summed E-state index contributed by atoms with van der Waals surface area (Å²) in [6.07, 6.45) is 3.60. The van der Waals surface area contributed by atoms with E-state index in [0.29, 0.717) is 29.6 Å². The van der Waals surface area contributed by atoms with Crippen molar-refractivity contribution in [2.75, 3.05) is 0 Å². The Kier molecular flexibility index (Phi) is 5.30. The molecule has 2 N–H and O–H groups in total. The molecule has 0 radical (unpaired) electrons. The third-order valence-electron chi connectivity index (χ3n) is 4.89. The van der Waals surface area contributed by atoms with Gasteiger partial charge in [0.15, 0.2) is 0 Å². The summed E-state index contributed by atoms with van der Waals surface area (Å²) in [7, 11) is 0. The van der Waals surface area contributed by atoms with Crippen molar-refractivity contribution < 1.29 is 4.79 Å². The first-order valence-electron chi connectivity index (χ1n) is 9.65. The van der Waals surface area contributed by atoms with Crippen LogP contribution in [0.25, 0.3) is 10.9 Å². The first-order chi connectivity index (χ1) is 14.5. The lowest BCUT2D eigenvalue weighted by Gasteiger charge is -2.07. The number of hydrogen-bond donors (Lipinski definition) is 2. The van der Waals surface area contributed by atoms with Crippen LogP contribution in [0.4, 0.5) is 0 Å². The number of benzene rings is 2. The van der Waals surface area contributed by atoms with Crippen molar-refractivity contribution in [1.29, 1.82) is 0 Å². The predicted molar refractivity (Wildman–Crippen MR) is 113 cm³/mol. The molecule has 0 bridgehead atoms. The smallest absolute Gasteiger partial charge is 0.328 e. The molecular weight excluding hydrogens is 382 g/mol. The van der Waals surface area contributed by atoms with E-state index in [9.17, 15) is 14.4 Å². The fourth-order valence-electron chi connectivity index (χ4n) is 3.32. The van der Waals surface area contributed by atoms with Crippen molar-refractivity contribution in [2.45, 2.75) is 26.6 Å². The minimum atomic E-state index is -0.488. The van der Waals surface area contributed by atoms with Crippen molar-refractivity contribution in [3.05, 3.63) is 98.5 Å². The van der Waals surface area contributed by atoms with Crippen LogP contribution < -0.4 is 16.6 Å². The van der Waals surface area contributed by atoms with Crippen LogP contribution >= 0.6 is 0 Å². The number of aromatic amines is 1. The Labute approximate surface area is 171 Å². The van der Waals surface area contributed by atoms with Gasteiger partial charge in [-0.25, -0.2) is 4.79 Å². The molecule has 4 rings (SSSR count). The predicted octanol–water partition coefficient (Wildman–Crippen LogP) is 1.88. The van der Waals surface area contributed by atoms with Crippen LogP contribution in [0, 0.1) is 0 Å². The second-order valence-corrected chi connectivity index (χ2v) is 6.95. The summed E-state index contributed by atoms with van der Waals surface area (Å²) in [5.41, 5.74) is 1.87. The Bertz CT molecular complexity index is 1320. The first kappa shape index (κ1) is 19.4. The number of amides is 1. The lowest BCUT2D eigenvalue weighted by Crippen LogP contribution is -2.34. The van der Waals surface area contributed by atoms with Crippen molar-refractivity contribution >= 4 is 16.8 Å². The Balaban J connectivity index is 1.46. The van der Waals surface area contributed by atoms with Crippen LogP contribution in [-0.4, -0.2) is 25.2 Å². The molecule has 0 aliphatic carbocycles. The molecule has 0 spiro atoms. The number of fused-ring (bicyclic) bond motifs is 1. The maximum Gasteiger partial charge on any atom is 0.328 e. The van der Waals surface area contributed by atoms with Gasteiger partial charge < -0.3 is 10.3 Å². The van der Waals surface area contributed by atoms with Crippen LogP contribution in [0.3, 0.4) is 0 Å². The van der Waals surface area contributed by atoms with Crippen LogP contribution in [-0.2, 0) is 19.6 Å². The van der Waals surface area contributed by atoms with Gasteiger partial charge in [-0.3, -0.25) is 18.8 Å². The van der Waals surface area contributed by atoms with Crippen LogP contribution in [0.2, 0.25) is 0 Å². The molecule has 0 saturated carbocycles. The first-order valence-corrected chi connectivity index (χ1v) is 9.65. The van der Waals surface area contributed by atoms with Gasteiger partial charge in [0.1, 0.15) is 0 Å². The largest absolute Gasteiger partial charge is 0.348 e. The Hall–Kier alpha value is -3.94. The van der Waals surface area contributed by atoms with Gasteiger partial charge in [-0.15, -0.1) is 0 Å². The highest BCUT2D eigenvalue weighted by molar-refractivity contribution is 5.97. The number of hydrogen-bond acceptors (Lipinski definition) is 4. The fraction of sp³-hybridized carbons (Fsp3) is 0.182. The molecule has 152 valence electrons. The molecule has 0 aliphatic rings. The van der Waals surface area contributed by atoms with Gasteiger partial charge in [0.2, 0.25) is 0 Å². The van der Waals surface area contributed by atoms with Gasteiger partial charge in [-0.1, -0.05) is 30.3 Å². The van der Waals surface area contributed by atoms with E-state index in [1.165, 1.54) is 6.07 Å². The zero-order valence-electron chi connectivity index (χ0n) is 16.5. The molecule has 0 saturated heterocycles. The van der Waals surface area contributed by atoms with E-state index in [0.717, 1.165) is 15.7 Å². The summed E-state index contributed by atoms with van der Waals surface area (Å²) in [5, 5.41) is 7.54. The number of rotatable bonds is 6. The molecule has 0 fully saturated rings. The number of nitrogens with one attached hydrogen (secondary N) is 2. The summed E-state index contributed by atoms with van der Waals surface area (Å²) in [4.78, 5) is 39.5. The van der Waals surface area contributed by atoms with E-state index in [-0.39, 0.29) is 18.0 Å². The molecule has 2 aromatic carbocycles. The Morgan fingerprint density at radius 3 is 2.67 bits per heavy atom. The van der Waals surface area contributed by atoms with Crippen LogP contribution in [0.5, 0.6) is 0 Å². The Morgan fingerprint density at radius 1 is 1.10 bits per heavy atom. The molecular formula is C22H21N5O3. The lowest BCUT2D eigenvalue weighted by atomic mass is 10.1. The van der Waals surface area contributed by atoms with Crippen molar-refractivity contribution in [1.82, 2.24) is 24.6 Å². The second-order valence-electron chi connectivity index (χ2n) is 6.95. The summed E-state index contributed by atoms with van der Waals surface area (Å²) in [5.74, 6) is -0.298. The number of H-pyrrole nitrogens is 1. The van der Waals surface area contributed by atoms with E-state index < -0.39 is 5.69 Å². The van der Waals surface area contributed by atoms with Gasteiger partial charge in [-0.2, -0.15) is 5.10 Å². The van der Waals surface area contributed by atoms with E-state index >= 15 is 0 Å². The highest BCUT2D eigenvalue weighted by Crippen LogP contribution is 2.10. The summed E-state index contributed by atoms with van der Waals surface area (Å²) in [6, 6.07) is 14.7. The zero-order valence-corrected chi connectivity index (χ0v) is 16.5. The molecule has 1 amide bonds. The van der Waals surface area contributed by atoms with Gasteiger partial charge >= 0.3 is 5.69 Å². The standard InChI is InChI=1S/C22H21N5O3/c1-2-27-21(29)18-9-8-17(10-19(18)25-22(27)30)20(28)23-11-16-12-24-26(14-16)13-15-6-4-3-5-7-15/h3-10,12,14H,2,11,13H2,1H3,(H,23,28)(H,25,30). The van der Waals surface area contributed by atoms with Gasteiger partial charge in [0.25, 0.3) is 11.5 Å². The quantitative estimate of drug-likeness (QED) is 0.513. The van der Waals surface area contributed by atoms with Crippen molar-refractivity contribution in [3.63, 3.8) is 0 Å². The monoisotopic (exact) mass is 403 g/mol. The molecule has 0 aliphatic heterocycles. The highest BCUT2D eigenvalue weighted by Gasteiger charge is 2.11. The lowest BCUT2D eigenvalue weighted by molar-refractivity contribution is 0.0951. The molecule has 4 aromatic rings. The minimum absolute atomic E-state index is 0.282. The SMILES string of the molecule is CCn1c(=O)[nH]c2cc(C(=O)NCc3cnn(Cc4ccccc4)c3)ccc2c1=O. The van der Waals surface area contributed by atoms with E-state index in [2.05, 4.69) is 15.4 Å². The fourth-order valence-corrected chi connectivity index (χ4v) is 3.32. The molecule has 2 aromatic heterocycles.